The molecule has 0 bridgehead atoms. The van der Waals surface area contributed by atoms with Gasteiger partial charge in [-0.15, -0.1) is 0 Å². The number of ether oxygens (including phenoxy) is 1. The van der Waals surface area contributed by atoms with E-state index in [1.807, 2.05) is 29.9 Å². The first kappa shape index (κ1) is 19.7. The molecule has 0 fully saturated rings. The second-order valence-electron chi connectivity index (χ2n) is 6.56. The van der Waals surface area contributed by atoms with Gasteiger partial charge in [0.25, 0.3) is 0 Å². The van der Waals surface area contributed by atoms with E-state index in [1.165, 1.54) is 6.20 Å². The Balaban J connectivity index is 1.73. The van der Waals surface area contributed by atoms with Gasteiger partial charge in [0.1, 0.15) is 11.6 Å². The lowest BCUT2D eigenvalue weighted by Crippen LogP contribution is -2.27. The number of hydrogen-bond acceptors (Lipinski definition) is 4. The van der Waals surface area contributed by atoms with Crippen LogP contribution < -0.4 is 15.5 Å². The van der Waals surface area contributed by atoms with Crippen LogP contribution in [0.25, 0.3) is 10.9 Å². The molecule has 2 N–H and O–H groups in total. The molecular weight excluding hydrogens is 359 g/mol. The fourth-order valence-electron chi connectivity index (χ4n) is 3.02. The van der Waals surface area contributed by atoms with Gasteiger partial charge in [-0.05, 0) is 43.2 Å². The van der Waals surface area contributed by atoms with Crippen LogP contribution >= 0.6 is 0 Å². The van der Waals surface area contributed by atoms with Crippen molar-refractivity contribution < 1.29 is 13.9 Å². The van der Waals surface area contributed by atoms with E-state index in [4.69, 9.17) is 4.74 Å². The minimum atomic E-state index is -0.454. The zero-order chi connectivity index (χ0) is 19.9. The normalized spacial score (nSPS) is 12.0. The first-order valence-electron chi connectivity index (χ1n) is 9.55. The minimum Gasteiger partial charge on any atom is -0.410 e. The summed E-state index contributed by atoms with van der Waals surface area (Å²) in [6.45, 7) is 4.65. The van der Waals surface area contributed by atoms with Gasteiger partial charge in [-0.25, -0.2) is 9.18 Å². The molecule has 0 aliphatic heterocycles. The Morgan fingerprint density at radius 2 is 2.14 bits per heavy atom. The van der Waals surface area contributed by atoms with Crippen molar-refractivity contribution in [2.24, 2.45) is 0 Å². The molecule has 0 saturated carbocycles. The lowest BCUT2D eigenvalue weighted by Gasteiger charge is -2.20. The molecule has 0 saturated heterocycles. The SMILES string of the molecule is CCCCNC(=O)Oc1ccc2c(ccn2NC(CC)c2ccncc2F)c1. The molecule has 28 heavy (non-hydrogen) atoms. The third-order valence-electron chi connectivity index (χ3n) is 4.55. The molecule has 0 radical (unpaired) electrons. The number of fused-ring (bicyclic) bond motifs is 1. The molecule has 3 aromatic rings. The van der Waals surface area contributed by atoms with Gasteiger partial charge in [-0.2, -0.15) is 0 Å². The molecule has 1 amide bonds. The summed E-state index contributed by atoms with van der Waals surface area (Å²) in [6, 6.07) is 8.82. The van der Waals surface area contributed by atoms with Gasteiger partial charge in [0.15, 0.2) is 0 Å². The van der Waals surface area contributed by atoms with Gasteiger partial charge in [0, 0.05) is 29.9 Å². The third-order valence-corrected chi connectivity index (χ3v) is 4.55. The fraction of sp³-hybridized carbons (Fsp3) is 0.333. The first-order valence-corrected chi connectivity index (χ1v) is 9.55. The number of amides is 1. The highest BCUT2D eigenvalue weighted by atomic mass is 19.1. The number of halogens is 1. The van der Waals surface area contributed by atoms with Crippen molar-refractivity contribution in [3.8, 4) is 5.75 Å². The second-order valence-corrected chi connectivity index (χ2v) is 6.56. The maximum atomic E-state index is 14.1. The van der Waals surface area contributed by atoms with Crippen molar-refractivity contribution >= 4 is 17.0 Å². The predicted octanol–water partition coefficient (Wildman–Crippen LogP) is 4.76. The van der Waals surface area contributed by atoms with Crippen LogP contribution in [-0.4, -0.2) is 22.3 Å². The third kappa shape index (κ3) is 4.60. The van der Waals surface area contributed by atoms with E-state index in [-0.39, 0.29) is 11.9 Å². The van der Waals surface area contributed by atoms with E-state index in [0.717, 1.165) is 23.7 Å². The van der Waals surface area contributed by atoms with Crippen LogP contribution in [0.2, 0.25) is 0 Å². The van der Waals surface area contributed by atoms with Crippen LogP contribution in [-0.2, 0) is 0 Å². The standard InChI is InChI=1S/C21H25FN4O2/c1-3-5-10-24-21(27)28-16-6-7-20-15(13-16)9-12-26(20)25-19(4-2)17-8-11-23-14-18(17)22/h6-9,11-14,19,25H,3-5,10H2,1-2H3,(H,24,27). The topological polar surface area (TPSA) is 68.2 Å². The molecule has 1 unspecified atom stereocenters. The zero-order valence-corrected chi connectivity index (χ0v) is 16.1. The van der Waals surface area contributed by atoms with Crippen LogP contribution in [0.3, 0.4) is 0 Å². The maximum Gasteiger partial charge on any atom is 0.412 e. The number of hydrogen-bond donors (Lipinski definition) is 2. The average molecular weight is 384 g/mol. The molecule has 3 rings (SSSR count). The molecular formula is C21H25FN4O2. The van der Waals surface area contributed by atoms with Crippen molar-refractivity contribution in [3.63, 3.8) is 0 Å². The average Bonchev–Trinajstić information content (AvgIpc) is 3.09. The van der Waals surface area contributed by atoms with Gasteiger partial charge in [0.05, 0.1) is 17.8 Å². The number of nitrogens with one attached hydrogen (secondary N) is 2. The summed E-state index contributed by atoms with van der Waals surface area (Å²) >= 11 is 0. The smallest absolute Gasteiger partial charge is 0.410 e. The van der Waals surface area contributed by atoms with E-state index in [0.29, 0.717) is 24.3 Å². The Bertz CT molecular complexity index is 941. The molecule has 1 atom stereocenters. The minimum absolute atomic E-state index is 0.195. The summed E-state index contributed by atoms with van der Waals surface area (Å²) in [5, 5.41) is 3.64. The number of aromatic nitrogens is 2. The highest BCUT2D eigenvalue weighted by Gasteiger charge is 2.15. The zero-order valence-electron chi connectivity index (χ0n) is 16.1. The monoisotopic (exact) mass is 384 g/mol. The molecule has 2 aromatic heterocycles. The number of rotatable bonds is 8. The van der Waals surface area contributed by atoms with Crippen molar-refractivity contribution in [2.45, 2.75) is 39.2 Å². The number of carbonyl (C=O) groups excluding carboxylic acids is 1. The van der Waals surface area contributed by atoms with E-state index in [1.54, 1.807) is 24.4 Å². The summed E-state index contributed by atoms with van der Waals surface area (Å²) in [5.74, 6) is 0.148. The lowest BCUT2D eigenvalue weighted by molar-refractivity contribution is 0.200. The number of pyridine rings is 1. The Labute approximate surface area is 163 Å². The maximum absolute atomic E-state index is 14.1. The number of nitrogens with zero attached hydrogens (tertiary/aromatic N) is 2. The Morgan fingerprint density at radius 1 is 1.29 bits per heavy atom. The van der Waals surface area contributed by atoms with E-state index < -0.39 is 6.09 Å². The highest BCUT2D eigenvalue weighted by molar-refractivity contribution is 5.83. The van der Waals surface area contributed by atoms with E-state index >= 15 is 0 Å². The molecule has 0 aliphatic rings. The van der Waals surface area contributed by atoms with Crippen molar-refractivity contribution in [1.29, 1.82) is 0 Å². The van der Waals surface area contributed by atoms with Gasteiger partial charge in [-0.1, -0.05) is 20.3 Å². The fourth-order valence-corrected chi connectivity index (χ4v) is 3.02. The Hall–Kier alpha value is -3.09. The van der Waals surface area contributed by atoms with E-state index in [9.17, 15) is 9.18 Å². The Morgan fingerprint density at radius 3 is 2.89 bits per heavy atom. The number of unbranched alkanes of at least 4 members (excludes halogenated alkanes) is 1. The molecule has 148 valence electrons. The summed E-state index contributed by atoms with van der Waals surface area (Å²) in [5.41, 5.74) is 4.81. The summed E-state index contributed by atoms with van der Waals surface area (Å²) in [6.07, 6.45) is 6.87. The molecule has 1 aromatic carbocycles. The summed E-state index contributed by atoms with van der Waals surface area (Å²) in [4.78, 5) is 15.6. The number of carbonyl (C=O) groups is 1. The van der Waals surface area contributed by atoms with Crippen molar-refractivity contribution in [3.05, 3.63) is 60.3 Å². The first-order chi connectivity index (χ1) is 13.6. The second kappa shape index (κ2) is 9.21. The van der Waals surface area contributed by atoms with Crippen molar-refractivity contribution in [1.82, 2.24) is 15.0 Å². The molecule has 2 heterocycles. The van der Waals surface area contributed by atoms with Crippen LogP contribution in [0.1, 0.15) is 44.7 Å². The highest BCUT2D eigenvalue weighted by Crippen LogP contribution is 2.25. The Kier molecular flexibility index (Phi) is 6.47. The lowest BCUT2D eigenvalue weighted by atomic mass is 10.1. The van der Waals surface area contributed by atoms with Crippen LogP contribution in [0.4, 0.5) is 9.18 Å². The molecule has 0 aliphatic carbocycles. The van der Waals surface area contributed by atoms with Gasteiger partial charge < -0.3 is 15.5 Å². The molecule has 7 heteroatoms. The van der Waals surface area contributed by atoms with Gasteiger partial charge in [0.2, 0.25) is 0 Å². The van der Waals surface area contributed by atoms with E-state index in [2.05, 4.69) is 22.7 Å². The predicted molar refractivity (Wildman–Crippen MR) is 107 cm³/mol. The van der Waals surface area contributed by atoms with Crippen LogP contribution in [0, 0.1) is 5.82 Å². The van der Waals surface area contributed by atoms with Crippen molar-refractivity contribution in [2.75, 3.05) is 12.0 Å². The van der Waals surface area contributed by atoms with Gasteiger partial charge >= 0.3 is 6.09 Å². The quantitative estimate of drug-likeness (QED) is 0.550. The summed E-state index contributed by atoms with van der Waals surface area (Å²) in [7, 11) is 0. The molecule has 0 spiro atoms. The van der Waals surface area contributed by atoms with Gasteiger partial charge in [-0.3, -0.25) is 9.66 Å². The largest absolute Gasteiger partial charge is 0.412 e. The van der Waals surface area contributed by atoms with Crippen LogP contribution in [0.5, 0.6) is 5.75 Å². The number of benzene rings is 1. The summed E-state index contributed by atoms with van der Waals surface area (Å²) < 4.78 is 21.3. The molecule has 6 nitrogen and oxygen atoms in total. The van der Waals surface area contributed by atoms with Crippen LogP contribution in [0.15, 0.2) is 48.9 Å².